The molecule has 47 heavy (non-hydrogen) atoms. The Morgan fingerprint density at radius 3 is 2.47 bits per heavy atom. The molecule has 5 heterocycles. The molecule has 3 aromatic rings. The number of piperidine rings is 1. The summed E-state index contributed by atoms with van der Waals surface area (Å²) in [5.74, 6) is -9.02. The molecular formula is C27H28F8N8O4. The van der Waals surface area contributed by atoms with Crippen molar-refractivity contribution < 1.29 is 54.2 Å². The molecule has 3 aromatic heterocycles. The molecule has 0 radical (unpaired) electrons. The van der Waals surface area contributed by atoms with E-state index in [0.29, 0.717) is 27.2 Å². The van der Waals surface area contributed by atoms with Crippen LogP contribution in [0, 0.1) is 0 Å². The number of carbonyl (C=O) groups is 2. The van der Waals surface area contributed by atoms with Crippen LogP contribution in [0.25, 0.3) is 16.8 Å². The van der Waals surface area contributed by atoms with Gasteiger partial charge in [0.15, 0.2) is 12.4 Å². The lowest BCUT2D eigenvalue weighted by Crippen LogP contribution is -2.44. The molecule has 2 atom stereocenters. The van der Waals surface area contributed by atoms with Gasteiger partial charge in [0.1, 0.15) is 23.6 Å². The summed E-state index contributed by atoms with van der Waals surface area (Å²) in [7, 11) is 1.22. The highest BCUT2D eigenvalue weighted by molar-refractivity contribution is 5.98. The van der Waals surface area contributed by atoms with Crippen molar-refractivity contribution in [2.24, 2.45) is 0 Å². The number of likely N-dealkylation sites (tertiary alicyclic amines) is 2. The second-order valence-corrected chi connectivity index (χ2v) is 11.1. The van der Waals surface area contributed by atoms with Crippen LogP contribution in [0.2, 0.25) is 0 Å². The maximum absolute atomic E-state index is 14.8. The Morgan fingerprint density at radius 2 is 1.81 bits per heavy atom. The fraction of sp³-hybridized carbons (Fsp3) is 0.519. The Morgan fingerprint density at radius 1 is 1.11 bits per heavy atom. The van der Waals surface area contributed by atoms with Crippen LogP contribution >= 0.6 is 0 Å². The Bertz CT molecular complexity index is 1640. The highest BCUT2D eigenvalue weighted by Gasteiger charge is 2.58. The fourth-order valence-corrected chi connectivity index (χ4v) is 5.29. The monoisotopic (exact) mass is 680 g/mol. The van der Waals surface area contributed by atoms with Gasteiger partial charge < -0.3 is 25.4 Å². The number of amides is 2. The number of ether oxygens (including phenoxy) is 2. The lowest BCUT2D eigenvalue weighted by atomic mass is 10.1. The molecule has 2 aliphatic rings. The fourth-order valence-electron chi connectivity index (χ4n) is 5.29. The van der Waals surface area contributed by atoms with E-state index in [1.807, 2.05) is 4.90 Å². The average molecular weight is 681 g/mol. The smallest absolute Gasteiger partial charge is 0.456 e. The summed E-state index contributed by atoms with van der Waals surface area (Å²) in [6.45, 7) is -3.09. The zero-order chi connectivity index (χ0) is 34.3. The Kier molecular flexibility index (Phi) is 9.08. The van der Waals surface area contributed by atoms with E-state index >= 15 is 0 Å². The van der Waals surface area contributed by atoms with Gasteiger partial charge >= 0.3 is 18.2 Å². The minimum absolute atomic E-state index is 0.114. The number of fused-ring (bicyclic) bond motifs is 1. The van der Waals surface area contributed by atoms with E-state index in [9.17, 15) is 44.7 Å². The number of methoxy groups -OCH3 is 1. The molecule has 0 bridgehead atoms. The van der Waals surface area contributed by atoms with Crippen molar-refractivity contribution in [3.05, 3.63) is 35.8 Å². The predicted molar refractivity (Wildman–Crippen MR) is 147 cm³/mol. The van der Waals surface area contributed by atoms with Gasteiger partial charge in [0.25, 0.3) is 11.8 Å². The summed E-state index contributed by atoms with van der Waals surface area (Å²) in [5, 5.41) is 6.61. The molecule has 0 unspecified atom stereocenters. The second-order valence-electron chi connectivity index (χ2n) is 11.1. The zero-order valence-electron chi connectivity index (χ0n) is 24.5. The number of carbonyl (C=O) groups excluding carboxylic acids is 2. The first-order valence-electron chi connectivity index (χ1n) is 14.1. The normalized spacial score (nSPS) is 20.4. The van der Waals surface area contributed by atoms with Gasteiger partial charge in [0.05, 0.1) is 25.4 Å². The van der Waals surface area contributed by atoms with Crippen LogP contribution in [-0.2, 0) is 11.3 Å². The van der Waals surface area contributed by atoms with E-state index in [2.05, 4.69) is 25.1 Å². The molecule has 0 saturated carbocycles. The third kappa shape index (κ3) is 7.10. The van der Waals surface area contributed by atoms with E-state index < -0.39 is 61.9 Å². The number of hydrogen-bond donors (Lipinski definition) is 2. The van der Waals surface area contributed by atoms with Gasteiger partial charge in [-0.3, -0.25) is 9.69 Å². The van der Waals surface area contributed by atoms with Crippen LogP contribution < -0.4 is 15.8 Å². The first kappa shape index (κ1) is 33.9. The highest BCUT2D eigenvalue weighted by Crippen LogP contribution is 2.36. The summed E-state index contributed by atoms with van der Waals surface area (Å²) in [4.78, 5) is 36.0. The third-order valence-corrected chi connectivity index (χ3v) is 7.84. The van der Waals surface area contributed by atoms with Crippen molar-refractivity contribution in [2.45, 2.75) is 49.6 Å². The van der Waals surface area contributed by atoms with Crippen molar-refractivity contribution in [3.8, 4) is 17.1 Å². The molecule has 256 valence electrons. The van der Waals surface area contributed by atoms with Crippen LogP contribution in [0.5, 0.6) is 5.88 Å². The van der Waals surface area contributed by atoms with Crippen molar-refractivity contribution >= 4 is 23.3 Å². The molecule has 20 heteroatoms. The largest absolute Gasteiger partial charge is 0.480 e. The van der Waals surface area contributed by atoms with Crippen LogP contribution in [0.3, 0.4) is 0 Å². The number of nitrogen functional groups attached to an aromatic ring is 1. The molecule has 3 N–H and O–H groups in total. The van der Waals surface area contributed by atoms with E-state index in [0.717, 1.165) is 0 Å². The number of nitrogens with one attached hydrogen (secondary N) is 1. The van der Waals surface area contributed by atoms with Gasteiger partial charge in [0, 0.05) is 50.8 Å². The van der Waals surface area contributed by atoms with Crippen LogP contribution in [-0.4, -0.2) is 112 Å². The lowest BCUT2D eigenvalue weighted by molar-refractivity contribution is -0.292. The standard InChI is InChI=1S/C27H28F8N8O4/c1-46-23-16(22(44)40-18-11-42(10-17(18)28)24(45)47-12-26(31,32)27(33,34)35)6-14(8-37-23)19-7-15(20-21(36)38-13-39-43(19)20)9-41-4-2-25(29,30)3-5-41/h6-8,13,17-18H,2-5,9-12H2,1H3,(H,40,44)(H2,36,38,39)/t17-,18+/m0/s1. The summed E-state index contributed by atoms with van der Waals surface area (Å²) < 4.78 is 116. The quantitative estimate of drug-likeness (QED) is 0.341. The second kappa shape index (κ2) is 12.6. The number of halogens is 8. The molecule has 2 aliphatic heterocycles. The maximum Gasteiger partial charge on any atom is 0.456 e. The Hall–Kier alpha value is -4.49. The Labute approximate surface area is 260 Å². The van der Waals surface area contributed by atoms with Crippen molar-refractivity contribution in [2.75, 3.05) is 45.6 Å². The number of rotatable bonds is 8. The molecule has 2 fully saturated rings. The molecule has 0 spiro atoms. The van der Waals surface area contributed by atoms with Gasteiger partial charge in [-0.05, 0) is 17.7 Å². The summed E-state index contributed by atoms with van der Waals surface area (Å²) in [6, 6.07) is 1.66. The third-order valence-electron chi connectivity index (χ3n) is 7.84. The van der Waals surface area contributed by atoms with E-state index in [1.54, 1.807) is 6.07 Å². The minimum atomic E-state index is -5.96. The Balaban J connectivity index is 1.34. The van der Waals surface area contributed by atoms with Crippen molar-refractivity contribution in [3.63, 3.8) is 0 Å². The van der Waals surface area contributed by atoms with Gasteiger partial charge in [-0.2, -0.15) is 27.1 Å². The molecule has 0 aliphatic carbocycles. The summed E-state index contributed by atoms with van der Waals surface area (Å²) >= 11 is 0. The SMILES string of the molecule is COc1ncc(-c2cc(CN3CCC(F)(F)CC3)c3c(N)ncnn23)cc1C(=O)N[C@@H]1CN(C(=O)OCC(F)(F)C(F)(F)F)C[C@@H]1F. The number of nitrogens with two attached hydrogens (primary N) is 1. The molecule has 2 amide bonds. The van der Waals surface area contributed by atoms with Gasteiger partial charge in [-0.25, -0.2) is 32.4 Å². The van der Waals surface area contributed by atoms with E-state index in [-0.39, 0.29) is 49.7 Å². The number of alkyl halides is 8. The minimum Gasteiger partial charge on any atom is -0.480 e. The van der Waals surface area contributed by atoms with Gasteiger partial charge in [-0.15, -0.1) is 0 Å². The highest BCUT2D eigenvalue weighted by atomic mass is 19.4. The van der Waals surface area contributed by atoms with Crippen LogP contribution in [0.15, 0.2) is 24.7 Å². The molecule has 12 nitrogen and oxygen atoms in total. The average Bonchev–Trinajstić information content (AvgIpc) is 3.56. The van der Waals surface area contributed by atoms with Crippen LogP contribution in [0.1, 0.15) is 28.8 Å². The first-order chi connectivity index (χ1) is 22.0. The number of anilines is 1. The van der Waals surface area contributed by atoms with Crippen molar-refractivity contribution in [1.82, 2.24) is 34.7 Å². The van der Waals surface area contributed by atoms with E-state index in [4.69, 9.17) is 10.5 Å². The molecule has 0 aromatic carbocycles. The molecule has 5 rings (SSSR count). The number of nitrogens with zero attached hydrogens (tertiary/aromatic N) is 6. The predicted octanol–water partition coefficient (Wildman–Crippen LogP) is 3.70. The number of aromatic nitrogens is 4. The summed E-state index contributed by atoms with van der Waals surface area (Å²) in [6.07, 6.45) is -7.54. The summed E-state index contributed by atoms with van der Waals surface area (Å²) in [5.41, 5.74) is 7.71. The van der Waals surface area contributed by atoms with E-state index in [1.165, 1.54) is 30.2 Å². The number of pyridine rings is 1. The molecule has 2 saturated heterocycles. The number of hydrogen-bond acceptors (Lipinski definition) is 9. The van der Waals surface area contributed by atoms with Crippen molar-refractivity contribution in [1.29, 1.82) is 0 Å². The lowest BCUT2D eigenvalue weighted by Gasteiger charge is -2.31. The maximum atomic E-state index is 14.8. The van der Waals surface area contributed by atoms with Gasteiger partial charge in [0.2, 0.25) is 5.88 Å². The first-order valence-corrected chi connectivity index (χ1v) is 14.1. The zero-order valence-corrected chi connectivity index (χ0v) is 24.5. The molecular weight excluding hydrogens is 652 g/mol. The van der Waals surface area contributed by atoms with Gasteiger partial charge in [-0.1, -0.05) is 0 Å². The van der Waals surface area contributed by atoms with Crippen LogP contribution in [0.4, 0.5) is 45.7 Å². The topological polar surface area (TPSA) is 140 Å².